The average Bonchev–Trinajstić information content (AvgIpc) is 2.80. The number of nitrogens with zero attached hydrogens (tertiary/aromatic N) is 2. The monoisotopic (exact) mass is 493 g/mol. The van der Waals surface area contributed by atoms with Crippen molar-refractivity contribution in [1.82, 2.24) is 9.97 Å². The Labute approximate surface area is 208 Å². The maximum Gasteiger partial charge on any atom is 0.153 e. The zero-order valence-electron chi connectivity index (χ0n) is 19.2. The van der Waals surface area contributed by atoms with Crippen LogP contribution in [0.5, 0.6) is 5.75 Å². The molecule has 1 aliphatic rings. The topological polar surface area (TPSA) is 67.3 Å². The van der Waals surface area contributed by atoms with Gasteiger partial charge in [0.1, 0.15) is 11.4 Å². The van der Waals surface area contributed by atoms with Crippen LogP contribution >= 0.6 is 23.2 Å². The molecule has 2 aromatic carbocycles. The van der Waals surface area contributed by atoms with Crippen LogP contribution < -0.4 is 10.1 Å². The molecule has 1 aliphatic heterocycles. The molecule has 0 bridgehead atoms. The van der Waals surface area contributed by atoms with Gasteiger partial charge >= 0.3 is 0 Å². The lowest BCUT2D eigenvalue weighted by atomic mass is 9.90. The van der Waals surface area contributed by atoms with E-state index in [9.17, 15) is 5.11 Å². The molecule has 2 N–H and O–H groups in total. The van der Waals surface area contributed by atoms with E-state index in [1.807, 2.05) is 75.5 Å². The highest BCUT2D eigenvalue weighted by atomic mass is 35.5. The van der Waals surface area contributed by atoms with Crippen LogP contribution in [-0.2, 0) is 13.0 Å². The number of fused-ring (bicyclic) bond motifs is 2. The van der Waals surface area contributed by atoms with Crippen molar-refractivity contribution in [2.75, 3.05) is 5.32 Å². The van der Waals surface area contributed by atoms with Crippen molar-refractivity contribution in [2.45, 2.75) is 45.4 Å². The minimum Gasteiger partial charge on any atom is -0.485 e. The third-order valence-corrected chi connectivity index (χ3v) is 6.93. The number of nitrogens with one attached hydrogen (secondary N) is 1. The highest BCUT2D eigenvalue weighted by Crippen LogP contribution is 2.39. The number of pyridine rings is 2. The quantitative estimate of drug-likeness (QED) is 0.313. The van der Waals surface area contributed by atoms with Gasteiger partial charge in [-0.15, -0.1) is 0 Å². The molecule has 174 valence electrons. The number of aryl methyl sites for hydroxylation is 1. The van der Waals surface area contributed by atoms with Crippen LogP contribution in [0.4, 0.5) is 5.69 Å². The van der Waals surface area contributed by atoms with Crippen LogP contribution in [0.25, 0.3) is 22.2 Å². The fraction of sp³-hybridized carbons (Fsp3) is 0.259. The van der Waals surface area contributed by atoms with Gasteiger partial charge in [0.15, 0.2) is 5.15 Å². The number of benzene rings is 2. The van der Waals surface area contributed by atoms with Crippen LogP contribution in [0.3, 0.4) is 0 Å². The molecular formula is C27H25Cl2N3O2. The van der Waals surface area contributed by atoms with Crippen molar-refractivity contribution in [1.29, 1.82) is 0 Å². The average molecular weight is 494 g/mol. The van der Waals surface area contributed by atoms with E-state index in [1.165, 1.54) is 0 Å². The number of ether oxygens (including phenoxy) is 1. The van der Waals surface area contributed by atoms with Crippen LogP contribution in [0.2, 0.25) is 10.2 Å². The molecule has 34 heavy (non-hydrogen) atoms. The summed E-state index contributed by atoms with van der Waals surface area (Å²) in [6.07, 6.45) is 1.80. The van der Waals surface area contributed by atoms with E-state index >= 15 is 0 Å². The summed E-state index contributed by atoms with van der Waals surface area (Å²) in [5, 5.41) is 15.9. The second-order valence-electron chi connectivity index (χ2n) is 9.22. The zero-order valence-corrected chi connectivity index (χ0v) is 20.7. The second-order valence-corrected chi connectivity index (χ2v) is 10.0. The maximum absolute atomic E-state index is 10.4. The Bertz CT molecular complexity index is 1370. The van der Waals surface area contributed by atoms with Crippen molar-refractivity contribution >= 4 is 39.8 Å². The molecule has 0 aliphatic carbocycles. The van der Waals surface area contributed by atoms with Gasteiger partial charge in [-0.2, -0.15) is 0 Å². The van der Waals surface area contributed by atoms with E-state index in [0.29, 0.717) is 23.1 Å². The van der Waals surface area contributed by atoms with E-state index in [-0.39, 0.29) is 0 Å². The highest BCUT2D eigenvalue weighted by Gasteiger charge is 2.36. The predicted molar refractivity (Wildman–Crippen MR) is 138 cm³/mol. The summed E-state index contributed by atoms with van der Waals surface area (Å²) >= 11 is 12.5. The number of hydrogen-bond donors (Lipinski definition) is 2. The van der Waals surface area contributed by atoms with Crippen LogP contribution in [0, 0.1) is 6.92 Å². The predicted octanol–water partition coefficient (Wildman–Crippen LogP) is 6.60. The number of aliphatic hydroxyl groups is 1. The first kappa shape index (κ1) is 22.9. The molecule has 0 saturated heterocycles. The summed E-state index contributed by atoms with van der Waals surface area (Å²) < 4.78 is 6.10. The largest absolute Gasteiger partial charge is 0.485 e. The molecule has 0 radical (unpaired) electrons. The third kappa shape index (κ3) is 4.31. The molecule has 4 aromatic rings. The summed E-state index contributed by atoms with van der Waals surface area (Å²) in [7, 11) is 0. The van der Waals surface area contributed by atoms with Gasteiger partial charge in [-0.1, -0.05) is 41.4 Å². The molecule has 3 heterocycles. The van der Waals surface area contributed by atoms with Crippen molar-refractivity contribution in [3.63, 3.8) is 0 Å². The molecule has 5 nitrogen and oxygen atoms in total. The van der Waals surface area contributed by atoms with E-state index in [0.717, 1.165) is 50.3 Å². The lowest BCUT2D eigenvalue weighted by Gasteiger charge is -2.37. The Morgan fingerprint density at radius 3 is 2.59 bits per heavy atom. The summed E-state index contributed by atoms with van der Waals surface area (Å²) in [6.45, 7) is 6.38. The first-order valence-electron chi connectivity index (χ1n) is 11.2. The SMILES string of the molecule is Cc1c(NCc2ccc(-c3ccc(Cl)cc3)nc2)c(Cl)nc2cc3c(cc12)OC(C)(C)[C@H](O)C3. The number of aromatic nitrogens is 2. The Hall–Kier alpha value is -2.86. The second kappa shape index (κ2) is 8.73. The lowest BCUT2D eigenvalue weighted by molar-refractivity contribution is -0.0410. The molecule has 0 saturated carbocycles. The fourth-order valence-corrected chi connectivity index (χ4v) is 4.66. The summed E-state index contributed by atoms with van der Waals surface area (Å²) in [4.78, 5) is 9.20. The Balaban J connectivity index is 1.39. The smallest absolute Gasteiger partial charge is 0.153 e. The lowest BCUT2D eigenvalue weighted by Crippen LogP contribution is -2.46. The molecule has 0 fully saturated rings. The minimum atomic E-state index is -0.638. The van der Waals surface area contributed by atoms with Crippen molar-refractivity contribution < 1.29 is 9.84 Å². The Morgan fingerprint density at radius 1 is 1.12 bits per heavy atom. The van der Waals surface area contributed by atoms with Gasteiger partial charge in [0, 0.05) is 35.1 Å². The molecule has 7 heteroatoms. The van der Waals surface area contributed by atoms with Gasteiger partial charge in [-0.05, 0) is 67.8 Å². The van der Waals surface area contributed by atoms with E-state index in [4.69, 9.17) is 27.9 Å². The van der Waals surface area contributed by atoms with Crippen LogP contribution in [0.15, 0.2) is 54.7 Å². The molecule has 2 aromatic heterocycles. The molecular weight excluding hydrogens is 469 g/mol. The molecule has 1 atom stereocenters. The van der Waals surface area contributed by atoms with Gasteiger partial charge < -0.3 is 15.2 Å². The highest BCUT2D eigenvalue weighted by molar-refractivity contribution is 6.32. The molecule has 5 rings (SSSR count). The van der Waals surface area contributed by atoms with Gasteiger partial charge in [0.25, 0.3) is 0 Å². The van der Waals surface area contributed by atoms with Crippen LogP contribution in [-0.4, -0.2) is 26.8 Å². The third-order valence-electron chi connectivity index (χ3n) is 6.41. The molecule has 0 unspecified atom stereocenters. The number of anilines is 1. The van der Waals surface area contributed by atoms with Crippen LogP contribution in [0.1, 0.15) is 30.5 Å². The van der Waals surface area contributed by atoms with Gasteiger partial charge in [0.2, 0.25) is 0 Å². The maximum atomic E-state index is 10.4. The number of aliphatic hydroxyl groups excluding tert-OH is 1. The zero-order chi connectivity index (χ0) is 24.0. The number of halogens is 2. The van der Waals surface area contributed by atoms with Crippen molar-refractivity contribution in [2.24, 2.45) is 0 Å². The first-order valence-corrected chi connectivity index (χ1v) is 11.9. The van der Waals surface area contributed by atoms with Gasteiger partial charge in [0.05, 0.1) is 23.0 Å². The van der Waals surface area contributed by atoms with E-state index in [1.54, 1.807) is 0 Å². The summed E-state index contributed by atoms with van der Waals surface area (Å²) in [5.41, 5.74) is 5.80. The number of rotatable bonds is 4. The fourth-order valence-electron chi connectivity index (χ4n) is 4.23. The van der Waals surface area contributed by atoms with E-state index in [2.05, 4.69) is 15.3 Å². The van der Waals surface area contributed by atoms with Crippen molar-refractivity contribution in [3.05, 3.63) is 81.6 Å². The normalized spacial score (nSPS) is 16.7. The summed E-state index contributed by atoms with van der Waals surface area (Å²) in [6, 6.07) is 15.6. The first-order chi connectivity index (χ1) is 16.2. The van der Waals surface area contributed by atoms with Gasteiger partial charge in [-0.25, -0.2) is 4.98 Å². The Morgan fingerprint density at radius 2 is 1.88 bits per heavy atom. The van der Waals surface area contributed by atoms with E-state index < -0.39 is 11.7 Å². The Kier molecular flexibility index (Phi) is 5.88. The van der Waals surface area contributed by atoms with Crippen molar-refractivity contribution in [3.8, 4) is 17.0 Å². The molecule has 0 spiro atoms. The van der Waals surface area contributed by atoms with Gasteiger partial charge in [-0.3, -0.25) is 4.98 Å². The summed E-state index contributed by atoms with van der Waals surface area (Å²) in [5.74, 6) is 0.781. The minimum absolute atomic E-state index is 0.410. The number of hydrogen-bond acceptors (Lipinski definition) is 5. The molecule has 0 amide bonds. The standard InChI is InChI=1S/C27H25Cl2N3O2/c1-15-20-12-23-18(11-24(33)27(2,3)34-23)10-22(20)32-26(29)25(15)31-14-16-4-9-21(30-13-16)17-5-7-19(28)8-6-17/h4-10,12-13,24,31,33H,11,14H2,1-3H3/t24-/m1/s1.